The first-order chi connectivity index (χ1) is 8.65. The summed E-state index contributed by atoms with van der Waals surface area (Å²) in [7, 11) is 0. The van der Waals surface area contributed by atoms with Gasteiger partial charge >= 0.3 is 0 Å². The molecule has 3 aliphatic rings. The van der Waals surface area contributed by atoms with Gasteiger partial charge in [-0.25, -0.2) is 0 Å². The average Bonchev–Trinajstić information content (AvgIpc) is 2.86. The summed E-state index contributed by atoms with van der Waals surface area (Å²) >= 11 is 0. The van der Waals surface area contributed by atoms with Crippen LogP contribution in [-0.2, 0) is 14.2 Å². The summed E-state index contributed by atoms with van der Waals surface area (Å²) in [5.41, 5.74) is 0. The molecule has 0 bridgehead atoms. The van der Waals surface area contributed by atoms with Gasteiger partial charge in [-0.3, -0.25) is 0 Å². The molecule has 2 saturated heterocycles. The van der Waals surface area contributed by atoms with Crippen LogP contribution in [0.25, 0.3) is 0 Å². The lowest BCUT2D eigenvalue weighted by Crippen LogP contribution is -2.43. The summed E-state index contributed by atoms with van der Waals surface area (Å²) < 4.78 is 17.1. The quantitative estimate of drug-likeness (QED) is 0.620. The molecule has 2 aliphatic heterocycles. The van der Waals surface area contributed by atoms with Crippen LogP contribution < -0.4 is 0 Å². The van der Waals surface area contributed by atoms with Crippen molar-refractivity contribution in [3.05, 3.63) is 0 Å². The Morgan fingerprint density at radius 3 is 2.50 bits per heavy atom. The first kappa shape index (κ1) is 12.8. The van der Waals surface area contributed by atoms with E-state index in [9.17, 15) is 10.2 Å². The zero-order chi connectivity index (χ0) is 12.8. The Labute approximate surface area is 105 Å². The molecule has 0 unspecified atom stereocenters. The van der Waals surface area contributed by atoms with Crippen LogP contribution in [0.15, 0.2) is 0 Å². The standard InChI is InChI=1S/C12H20O6/c13-6-7(14)9-8(15)10-11(16-9)18-12(17-10)4-2-1-3-5-12/h7-11,13-15H,1-6H2/t7-,8+,9+,10+,11-/m1/s1. The van der Waals surface area contributed by atoms with Crippen molar-refractivity contribution in [3.8, 4) is 0 Å². The summed E-state index contributed by atoms with van der Waals surface area (Å²) in [5, 5.41) is 28.5. The highest BCUT2D eigenvalue weighted by Gasteiger charge is 2.58. The van der Waals surface area contributed by atoms with Crippen molar-refractivity contribution in [1.29, 1.82) is 0 Å². The summed E-state index contributed by atoms with van der Waals surface area (Å²) in [6, 6.07) is 0. The molecule has 5 atom stereocenters. The van der Waals surface area contributed by atoms with Crippen LogP contribution >= 0.6 is 0 Å². The van der Waals surface area contributed by atoms with E-state index in [1.165, 1.54) is 6.42 Å². The zero-order valence-corrected chi connectivity index (χ0v) is 10.2. The molecule has 0 aromatic rings. The molecule has 1 saturated carbocycles. The third-order valence-electron chi connectivity index (χ3n) is 4.10. The van der Waals surface area contributed by atoms with Gasteiger partial charge in [-0.1, -0.05) is 6.42 Å². The first-order valence-electron chi connectivity index (χ1n) is 6.63. The van der Waals surface area contributed by atoms with Gasteiger partial charge in [0.1, 0.15) is 24.4 Å². The van der Waals surface area contributed by atoms with E-state index in [1.54, 1.807) is 0 Å². The van der Waals surface area contributed by atoms with Gasteiger partial charge in [0.25, 0.3) is 0 Å². The van der Waals surface area contributed by atoms with Crippen LogP contribution in [-0.4, -0.2) is 58.4 Å². The summed E-state index contributed by atoms with van der Waals surface area (Å²) in [4.78, 5) is 0. The molecule has 3 fully saturated rings. The minimum Gasteiger partial charge on any atom is -0.394 e. The number of rotatable bonds is 2. The third kappa shape index (κ3) is 1.97. The van der Waals surface area contributed by atoms with Crippen molar-refractivity contribution in [3.63, 3.8) is 0 Å². The number of ether oxygens (including phenoxy) is 3. The maximum Gasteiger partial charge on any atom is 0.190 e. The molecule has 2 heterocycles. The molecule has 0 radical (unpaired) electrons. The van der Waals surface area contributed by atoms with Crippen LogP contribution in [0, 0.1) is 0 Å². The minimum atomic E-state index is -1.11. The van der Waals surface area contributed by atoms with Gasteiger partial charge in [0, 0.05) is 12.8 Å². The van der Waals surface area contributed by atoms with Crippen molar-refractivity contribution in [2.45, 2.75) is 68.6 Å². The normalized spacial score (nSPS) is 44.2. The van der Waals surface area contributed by atoms with Gasteiger partial charge in [-0.15, -0.1) is 0 Å². The second kappa shape index (κ2) is 4.70. The van der Waals surface area contributed by atoms with Gasteiger partial charge in [-0.2, -0.15) is 0 Å². The number of aliphatic hydroxyl groups is 3. The van der Waals surface area contributed by atoms with Crippen LogP contribution in [0.3, 0.4) is 0 Å². The molecule has 0 aromatic heterocycles. The number of hydrogen-bond donors (Lipinski definition) is 3. The maximum absolute atomic E-state index is 10.1. The van der Waals surface area contributed by atoms with Gasteiger partial charge < -0.3 is 29.5 Å². The van der Waals surface area contributed by atoms with Crippen molar-refractivity contribution >= 4 is 0 Å². The van der Waals surface area contributed by atoms with Gasteiger partial charge in [0.2, 0.25) is 0 Å². The topological polar surface area (TPSA) is 88.4 Å². The molecule has 6 heteroatoms. The summed E-state index contributed by atoms with van der Waals surface area (Å²) in [6.45, 7) is -0.452. The van der Waals surface area contributed by atoms with E-state index < -0.39 is 43.1 Å². The fourth-order valence-electron chi connectivity index (χ4n) is 3.12. The van der Waals surface area contributed by atoms with Crippen LogP contribution in [0.4, 0.5) is 0 Å². The lowest BCUT2D eigenvalue weighted by molar-refractivity contribution is -0.254. The Balaban J connectivity index is 1.68. The molecule has 3 N–H and O–H groups in total. The van der Waals surface area contributed by atoms with Gasteiger partial charge in [0.05, 0.1) is 6.61 Å². The minimum absolute atomic E-state index is 0.452. The molecule has 3 rings (SSSR count). The largest absolute Gasteiger partial charge is 0.394 e. The van der Waals surface area contributed by atoms with E-state index in [0.29, 0.717) is 0 Å². The van der Waals surface area contributed by atoms with Crippen molar-refractivity contribution in [2.75, 3.05) is 6.61 Å². The molecular formula is C12H20O6. The molecule has 0 aromatic carbocycles. The molecular weight excluding hydrogens is 240 g/mol. The monoisotopic (exact) mass is 260 g/mol. The van der Waals surface area contributed by atoms with E-state index in [2.05, 4.69) is 0 Å². The molecule has 6 nitrogen and oxygen atoms in total. The molecule has 1 spiro atoms. The van der Waals surface area contributed by atoms with Crippen LogP contribution in [0.2, 0.25) is 0 Å². The Kier molecular flexibility index (Phi) is 3.34. The number of aliphatic hydroxyl groups excluding tert-OH is 3. The van der Waals surface area contributed by atoms with Crippen LogP contribution in [0.5, 0.6) is 0 Å². The maximum atomic E-state index is 10.1. The summed E-state index contributed by atoms with van der Waals surface area (Å²) in [6.07, 6.45) is 0.824. The fourth-order valence-corrected chi connectivity index (χ4v) is 3.12. The fraction of sp³-hybridized carbons (Fsp3) is 1.00. The lowest BCUT2D eigenvalue weighted by atomic mass is 9.94. The van der Waals surface area contributed by atoms with E-state index in [-0.39, 0.29) is 0 Å². The van der Waals surface area contributed by atoms with Gasteiger partial charge in [0.15, 0.2) is 12.1 Å². The lowest BCUT2D eigenvalue weighted by Gasteiger charge is -2.33. The Morgan fingerprint density at radius 1 is 1.17 bits per heavy atom. The van der Waals surface area contributed by atoms with E-state index >= 15 is 0 Å². The zero-order valence-electron chi connectivity index (χ0n) is 10.2. The molecule has 104 valence electrons. The first-order valence-corrected chi connectivity index (χ1v) is 6.63. The van der Waals surface area contributed by atoms with E-state index in [1.807, 2.05) is 0 Å². The molecule has 0 amide bonds. The van der Waals surface area contributed by atoms with Crippen molar-refractivity contribution < 1.29 is 29.5 Å². The average molecular weight is 260 g/mol. The Bertz CT molecular complexity index is 303. The highest BCUT2D eigenvalue weighted by atomic mass is 16.8. The Hall–Kier alpha value is -0.240. The second-order valence-corrected chi connectivity index (χ2v) is 5.38. The smallest absolute Gasteiger partial charge is 0.190 e. The second-order valence-electron chi connectivity index (χ2n) is 5.38. The molecule has 18 heavy (non-hydrogen) atoms. The number of hydrogen-bond acceptors (Lipinski definition) is 6. The van der Waals surface area contributed by atoms with E-state index in [0.717, 1.165) is 25.7 Å². The van der Waals surface area contributed by atoms with Gasteiger partial charge in [-0.05, 0) is 12.8 Å². The third-order valence-corrected chi connectivity index (χ3v) is 4.10. The SMILES string of the molecule is OC[C@@H](O)[C@@H]1O[C@@H]2OC3(CCCCC3)O[C@H]2[C@H]1O. The highest BCUT2D eigenvalue weighted by molar-refractivity contribution is 4.97. The predicted octanol–water partition coefficient (Wildman–Crippen LogP) is -0.499. The number of fused-ring (bicyclic) bond motifs is 1. The van der Waals surface area contributed by atoms with Crippen LogP contribution in [0.1, 0.15) is 32.1 Å². The summed E-state index contributed by atoms with van der Waals surface area (Å²) in [5.74, 6) is -0.607. The molecule has 1 aliphatic carbocycles. The Morgan fingerprint density at radius 2 is 1.89 bits per heavy atom. The van der Waals surface area contributed by atoms with Crippen molar-refractivity contribution in [1.82, 2.24) is 0 Å². The predicted molar refractivity (Wildman–Crippen MR) is 59.5 cm³/mol. The highest BCUT2D eigenvalue weighted by Crippen LogP contribution is 2.45. The van der Waals surface area contributed by atoms with Crippen molar-refractivity contribution in [2.24, 2.45) is 0 Å². The van der Waals surface area contributed by atoms with E-state index in [4.69, 9.17) is 19.3 Å².